The molecule has 0 aliphatic rings. The van der Waals surface area contributed by atoms with Crippen LogP contribution in [0.3, 0.4) is 0 Å². The lowest BCUT2D eigenvalue weighted by molar-refractivity contribution is -0.384. The van der Waals surface area contributed by atoms with Crippen molar-refractivity contribution in [2.24, 2.45) is 0 Å². The summed E-state index contributed by atoms with van der Waals surface area (Å²) < 4.78 is 39.6. The molecule has 27 heavy (non-hydrogen) atoms. The number of aliphatic hydroxyl groups is 1. The van der Waals surface area contributed by atoms with Crippen molar-refractivity contribution < 1.29 is 32.1 Å². The predicted octanol–water partition coefficient (Wildman–Crippen LogP) is 2.14. The highest BCUT2D eigenvalue weighted by Gasteiger charge is 2.27. The molecular weight excluding hydrogens is 378 g/mol. The highest BCUT2D eigenvalue weighted by molar-refractivity contribution is 7.86. The number of methoxy groups -OCH3 is 1. The number of hydrogen-bond acceptors (Lipinski definition) is 8. The minimum atomic E-state index is -4.18. The maximum atomic E-state index is 12.1. The zero-order chi connectivity index (χ0) is 20.1. The van der Waals surface area contributed by atoms with Gasteiger partial charge in [-0.15, -0.1) is 0 Å². The molecule has 0 aliphatic heterocycles. The fourth-order valence-corrected chi connectivity index (χ4v) is 2.97. The number of ether oxygens (including phenoxy) is 2. The average Bonchev–Trinajstić information content (AvgIpc) is 2.65. The maximum absolute atomic E-state index is 12.1. The van der Waals surface area contributed by atoms with Crippen LogP contribution >= 0.6 is 0 Å². The molecule has 2 aromatic rings. The zero-order valence-corrected chi connectivity index (χ0v) is 15.5. The van der Waals surface area contributed by atoms with E-state index < -0.39 is 27.2 Å². The van der Waals surface area contributed by atoms with Gasteiger partial charge in [0.05, 0.1) is 23.5 Å². The van der Waals surface area contributed by atoms with Gasteiger partial charge in [-0.05, 0) is 43.3 Å². The lowest BCUT2D eigenvalue weighted by atomic mass is 10.1. The molecule has 0 saturated carbocycles. The molecule has 0 heterocycles. The molecule has 0 spiro atoms. The van der Waals surface area contributed by atoms with Crippen molar-refractivity contribution in [2.45, 2.75) is 17.4 Å². The Balaban J connectivity index is 1.94. The van der Waals surface area contributed by atoms with Gasteiger partial charge >= 0.3 is 0 Å². The van der Waals surface area contributed by atoms with Crippen LogP contribution in [0.5, 0.6) is 11.5 Å². The number of hydrogen-bond donors (Lipinski definition) is 1. The minimum absolute atomic E-state index is 0.213. The summed E-state index contributed by atoms with van der Waals surface area (Å²) in [5.74, 6) is 1.11. The highest BCUT2D eigenvalue weighted by Crippen LogP contribution is 2.21. The van der Waals surface area contributed by atoms with Crippen LogP contribution in [0.2, 0.25) is 0 Å². The van der Waals surface area contributed by atoms with E-state index in [4.69, 9.17) is 13.7 Å². The molecule has 9 nitrogen and oxygen atoms in total. The van der Waals surface area contributed by atoms with E-state index in [0.717, 1.165) is 24.3 Å². The van der Waals surface area contributed by atoms with E-state index in [0.29, 0.717) is 11.5 Å². The van der Waals surface area contributed by atoms with Crippen LogP contribution in [0.15, 0.2) is 53.4 Å². The minimum Gasteiger partial charge on any atom is -0.497 e. The number of benzene rings is 2. The molecule has 0 aromatic heterocycles. The number of non-ortho nitro benzene ring substituents is 1. The molecule has 146 valence electrons. The second kappa shape index (κ2) is 8.33. The van der Waals surface area contributed by atoms with Crippen molar-refractivity contribution >= 4 is 15.8 Å². The van der Waals surface area contributed by atoms with Crippen LogP contribution < -0.4 is 9.47 Å². The molecule has 0 aliphatic carbocycles. The summed E-state index contributed by atoms with van der Waals surface area (Å²) in [5.41, 5.74) is -1.83. The van der Waals surface area contributed by atoms with Crippen LogP contribution in [0, 0.1) is 10.1 Å². The van der Waals surface area contributed by atoms with Gasteiger partial charge < -0.3 is 14.6 Å². The number of nitro groups is 1. The summed E-state index contributed by atoms with van der Waals surface area (Å²) in [5, 5.41) is 20.9. The quantitative estimate of drug-likeness (QED) is 0.387. The van der Waals surface area contributed by atoms with Crippen molar-refractivity contribution in [3.8, 4) is 11.5 Å². The summed E-state index contributed by atoms with van der Waals surface area (Å²) in [6, 6.07) is 10.9. The van der Waals surface area contributed by atoms with Crippen LogP contribution in [0.25, 0.3) is 0 Å². The molecule has 2 rings (SSSR count). The van der Waals surface area contributed by atoms with E-state index in [2.05, 4.69) is 0 Å². The Hall–Kier alpha value is -2.69. The van der Waals surface area contributed by atoms with E-state index >= 15 is 0 Å². The monoisotopic (exact) mass is 397 g/mol. The van der Waals surface area contributed by atoms with Crippen molar-refractivity contribution in [1.82, 2.24) is 0 Å². The first kappa shape index (κ1) is 20.6. The van der Waals surface area contributed by atoms with Crippen molar-refractivity contribution in [2.75, 3.05) is 20.3 Å². The predicted molar refractivity (Wildman–Crippen MR) is 95.3 cm³/mol. The first-order valence-electron chi connectivity index (χ1n) is 7.76. The molecule has 10 heteroatoms. The summed E-state index contributed by atoms with van der Waals surface area (Å²) in [7, 11) is -2.65. The Morgan fingerprint density at radius 3 is 2.11 bits per heavy atom. The van der Waals surface area contributed by atoms with Gasteiger partial charge in [0.15, 0.2) is 0 Å². The number of rotatable bonds is 9. The summed E-state index contributed by atoms with van der Waals surface area (Å²) >= 11 is 0. The van der Waals surface area contributed by atoms with Crippen LogP contribution in [-0.2, 0) is 14.3 Å². The highest BCUT2D eigenvalue weighted by atomic mass is 32.2. The van der Waals surface area contributed by atoms with Gasteiger partial charge in [0.2, 0.25) is 0 Å². The Labute approximate surface area is 156 Å². The van der Waals surface area contributed by atoms with Crippen LogP contribution in [-0.4, -0.2) is 44.4 Å². The second-order valence-corrected chi connectivity index (χ2v) is 7.54. The largest absolute Gasteiger partial charge is 0.497 e. The normalized spacial score (nSPS) is 13.6. The van der Waals surface area contributed by atoms with Gasteiger partial charge in [0.1, 0.15) is 23.7 Å². The molecule has 0 amide bonds. The first-order chi connectivity index (χ1) is 12.6. The lowest BCUT2D eigenvalue weighted by Gasteiger charge is -2.23. The topological polar surface area (TPSA) is 125 Å². The third-order valence-electron chi connectivity index (χ3n) is 3.47. The van der Waals surface area contributed by atoms with E-state index in [1.807, 2.05) is 0 Å². The fourth-order valence-electron chi connectivity index (χ4n) is 1.96. The SMILES string of the molecule is COc1ccc(OC[C@@](C)(O)COS(=O)(=O)c2ccc([N+](=O)[O-])cc2)cc1. The van der Waals surface area contributed by atoms with Crippen LogP contribution in [0.1, 0.15) is 6.92 Å². The van der Waals surface area contributed by atoms with E-state index in [9.17, 15) is 23.6 Å². The maximum Gasteiger partial charge on any atom is 0.297 e. The van der Waals surface area contributed by atoms with Gasteiger partial charge in [-0.3, -0.25) is 14.3 Å². The lowest BCUT2D eigenvalue weighted by Crippen LogP contribution is -2.38. The van der Waals surface area contributed by atoms with Crippen molar-refractivity contribution in [3.05, 3.63) is 58.6 Å². The Morgan fingerprint density at radius 1 is 1.04 bits per heavy atom. The van der Waals surface area contributed by atoms with Gasteiger partial charge in [-0.2, -0.15) is 8.42 Å². The molecule has 0 radical (unpaired) electrons. The van der Waals surface area contributed by atoms with Gasteiger partial charge in [-0.25, -0.2) is 0 Å². The Kier molecular flexibility index (Phi) is 6.37. The van der Waals surface area contributed by atoms with Gasteiger partial charge in [-0.1, -0.05) is 0 Å². The van der Waals surface area contributed by atoms with Crippen LogP contribution in [0.4, 0.5) is 5.69 Å². The average molecular weight is 397 g/mol. The van der Waals surface area contributed by atoms with E-state index in [-0.39, 0.29) is 17.2 Å². The molecule has 2 aromatic carbocycles. The third kappa shape index (κ3) is 5.91. The number of nitro benzene ring substituents is 1. The second-order valence-electron chi connectivity index (χ2n) is 5.93. The van der Waals surface area contributed by atoms with Gasteiger partial charge in [0, 0.05) is 12.1 Å². The Morgan fingerprint density at radius 2 is 1.59 bits per heavy atom. The zero-order valence-electron chi connectivity index (χ0n) is 14.7. The smallest absolute Gasteiger partial charge is 0.297 e. The van der Waals surface area contributed by atoms with Crippen molar-refractivity contribution in [1.29, 1.82) is 0 Å². The molecule has 0 unspecified atom stereocenters. The standard InChI is InChI=1S/C17H19NO8S/c1-17(19,11-25-15-7-5-14(24-2)6-8-15)12-26-27(22,23)16-9-3-13(4-10-16)18(20)21/h3-10,19H,11-12H2,1-2H3/t17-/m1/s1. The molecule has 0 fully saturated rings. The van der Waals surface area contributed by atoms with E-state index in [1.165, 1.54) is 14.0 Å². The summed E-state index contributed by atoms with van der Waals surface area (Å²) in [6.45, 7) is 0.597. The summed E-state index contributed by atoms with van der Waals surface area (Å²) in [4.78, 5) is 9.72. The fraction of sp³-hybridized carbons (Fsp3) is 0.294. The molecule has 0 bridgehead atoms. The molecular formula is C17H19NO8S. The first-order valence-corrected chi connectivity index (χ1v) is 9.17. The number of nitrogens with zero attached hydrogens (tertiary/aromatic N) is 1. The third-order valence-corrected chi connectivity index (χ3v) is 4.75. The molecule has 1 N–H and O–H groups in total. The molecule has 1 atom stereocenters. The Bertz CT molecular complexity index is 876. The van der Waals surface area contributed by atoms with Crippen molar-refractivity contribution in [3.63, 3.8) is 0 Å². The summed E-state index contributed by atoms with van der Waals surface area (Å²) in [6.07, 6.45) is 0. The molecule has 0 saturated heterocycles. The van der Waals surface area contributed by atoms with Gasteiger partial charge in [0.25, 0.3) is 15.8 Å². The van der Waals surface area contributed by atoms with E-state index in [1.54, 1.807) is 24.3 Å².